The zero-order valence-electron chi connectivity index (χ0n) is 12.0. The van der Waals surface area contributed by atoms with Crippen LogP contribution in [0.4, 0.5) is 5.69 Å². The maximum absolute atomic E-state index is 5.23. The Kier molecular flexibility index (Phi) is 4.74. The minimum absolute atomic E-state index is 0.618. The minimum atomic E-state index is 0.618. The molecule has 0 aliphatic heterocycles. The number of nitrogens with one attached hydrogen (secondary N) is 1. The van der Waals surface area contributed by atoms with Crippen LogP contribution in [-0.4, -0.2) is 27.9 Å². The van der Waals surface area contributed by atoms with E-state index >= 15 is 0 Å². The minimum Gasteiger partial charge on any atom is -0.372 e. The molecule has 5 heteroatoms. The molecule has 0 fully saturated rings. The van der Waals surface area contributed by atoms with Crippen molar-refractivity contribution in [3.8, 4) is 11.4 Å². The Balaban J connectivity index is 2.35. The van der Waals surface area contributed by atoms with Crippen molar-refractivity contribution in [1.82, 2.24) is 14.8 Å². The number of aromatic amines is 1. The Morgan fingerprint density at radius 1 is 1.30 bits per heavy atom. The molecule has 0 amide bonds. The molecule has 1 heterocycles. The number of benzene rings is 1. The fourth-order valence-electron chi connectivity index (χ4n) is 2.25. The topological polar surface area (TPSA) is 36.9 Å². The predicted molar refractivity (Wildman–Crippen MR) is 86.6 cm³/mol. The average molecular weight is 288 g/mol. The highest BCUT2D eigenvalue weighted by Crippen LogP contribution is 2.22. The summed E-state index contributed by atoms with van der Waals surface area (Å²) in [5, 5.41) is 7.14. The first-order chi connectivity index (χ1) is 9.71. The van der Waals surface area contributed by atoms with Crippen LogP contribution in [0.5, 0.6) is 0 Å². The predicted octanol–water partition coefficient (Wildman–Crippen LogP) is 3.64. The summed E-state index contributed by atoms with van der Waals surface area (Å²) in [4.78, 5) is 2.31. The quantitative estimate of drug-likeness (QED) is 0.651. The highest BCUT2D eigenvalue weighted by Gasteiger charge is 2.08. The molecule has 106 valence electrons. The third-order valence-electron chi connectivity index (χ3n) is 3.32. The molecule has 0 unspecified atom stereocenters. The lowest BCUT2D eigenvalue weighted by molar-refractivity contribution is 0.814. The van der Waals surface area contributed by atoms with E-state index in [0.29, 0.717) is 11.3 Å². The monoisotopic (exact) mass is 288 g/mol. The molecule has 1 aromatic carbocycles. The van der Waals surface area contributed by atoms with Gasteiger partial charge in [-0.2, -0.15) is 5.10 Å². The van der Waals surface area contributed by atoms with Gasteiger partial charge in [-0.15, -0.1) is 6.58 Å². The average Bonchev–Trinajstić information content (AvgIpc) is 2.83. The van der Waals surface area contributed by atoms with Crippen molar-refractivity contribution in [2.75, 3.05) is 18.0 Å². The molecule has 0 saturated carbocycles. The van der Waals surface area contributed by atoms with E-state index in [9.17, 15) is 0 Å². The maximum atomic E-state index is 5.23. The molecule has 0 saturated heterocycles. The summed E-state index contributed by atoms with van der Waals surface area (Å²) in [6.45, 7) is 10.7. The molecule has 2 aromatic rings. The van der Waals surface area contributed by atoms with Gasteiger partial charge in [-0.1, -0.05) is 6.08 Å². The first-order valence-electron chi connectivity index (χ1n) is 6.82. The lowest BCUT2D eigenvalue weighted by Gasteiger charge is -2.21. The van der Waals surface area contributed by atoms with Crippen molar-refractivity contribution in [2.24, 2.45) is 0 Å². The third-order valence-corrected chi connectivity index (χ3v) is 3.64. The number of nitrogens with zero attached hydrogens (tertiary/aromatic N) is 3. The van der Waals surface area contributed by atoms with E-state index in [2.05, 4.69) is 59.8 Å². The summed E-state index contributed by atoms with van der Waals surface area (Å²) in [7, 11) is 0. The fourth-order valence-corrected chi connectivity index (χ4v) is 2.45. The highest BCUT2D eigenvalue weighted by molar-refractivity contribution is 7.71. The van der Waals surface area contributed by atoms with Crippen LogP contribution in [0.3, 0.4) is 0 Å². The number of anilines is 1. The normalized spacial score (nSPS) is 10.5. The van der Waals surface area contributed by atoms with Gasteiger partial charge in [0, 0.05) is 30.9 Å². The van der Waals surface area contributed by atoms with Crippen LogP contribution in [0.25, 0.3) is 11.4 Å². The third kappa shape index (κ3) is 2.82. The van der Waals surface area contributed by atoms with Gasteiger partial charge in [0.1, 0.15) is 0 Å². The van der Waals surface area contributed by atoms with Gasteiger partial charge in [0.25, 0.3) is 0 Å². The molecule has 4 nitrogen and oxygen atoms in total. The number of hydrogen-bond acceptors (Lipinski definition) is 3. The van der Waals surface area contributed by atoms with Gasteiger partial charge in [0.15, 0.2) is 10.6 Å². The first-order valence-corrected chi connectivity index (χ1v) is 7.23. The Morgan fingerprint density at radius 2 is 1.95 bits per heavy atom. The number of H-pyrrole nitrogens is 1. The fraction of sp³-hybridized carbons (Fsp3) is 0.333. The standard InChI is InChI=1S/C15H20N4S/c1-4-11-19-14(16-17-15(19)20)12-7-9-13(10-8-12)18(5-2)6-3/h4,7-10H,1,5-6,11H2,2-3H3,(H,17,20). The summed E-state index contributed by atoms with van der Waals surface area (Å²) in [6, 6.07) is 8.41. The van der Waals surface area contributed by atoms with Crippen molar-refractivity contribution in [2.45, 2.75) is 20.4 Å². The molecule has 1 aromatic heterocycles. The molecule has 0 bridgehead atoms. The van der Waals surface area contributed by atoms with E-state index in [1.807, 2.05) is 10.6 Å². The lowest BCUT2D eigenvalue weighted by atomic mass is 10.2. The van der Waals surface area contributed by atoms with E-state index in [1.54, 1.807) is 0 Å². The maximum Gasteiger partial charge on any atom is 0.195 e. The number of allylic oxidation sites excluding steroid dienone is 1. The SMILES string of the molecule is C=CCn1c(-c2ccc(N(CC)CC)cc2)n[nH]c1=S. The summed E-state index contributed by atoms with van der Waals surface area (Å²) < 4.78 is 2.56. The Bertz CT molecular complexity index is 620. The molecule has 0 spiro atoms. The van der Waals surface area contributed by atoms with E-state index in [0.717, 1.165) is 24.5 Å². The number of rotatable bonds is 6. The smallest absolute Gasteiger partial charge is 0.195 e. The zero-order valence-corrected chi connectivity index (χ0v) is 12.8. The molecular weight excluding hydrogens is 268 g/mol. The molecular formula is C15H20N4S. The molecule has 0 aliphatic carbocycles. The lowest BCUT2D eigenvalue weighted by Crippen LogP contribution is -2.21. The van der Waals surface area contributed by atoms with Crippen molar-refractivity contribution >= 4 is 17.9 Å². The second-order valence-corrected chi connectivity index (χ2v) is 4.86. The molecule has 0 aliphatic rings. The van der Waals surface area contributed by atoms with Gasteiger partial charge >= 0.3 is 0 Å². The second kappa shape index (κ2) is 6.52. The van der Waals surface area contributed by atoms with Gasteiger partial charge < -0.3 is 4.90 Å². The van der Waals surface area contributed by atoms with Gasteiger partial charge in [-0.25, -0.2) is 0 Å². The van der Waals surface area contributed by atoms with Crippen LogP contribution < -0.4 is 4.90 Å². The Hall–Kier alpha value is -1.88. The van der Waals surface area contributed by atoms with E-state index in [-0.39, 0.29) is 0 Å². The van der Waals surface area contributed by atoms with Crippen LogP contribution in [0, 0.1) is 4.77 Å². The Morgan fingerprint density at radius 3 is 2.50 bits per heavy atom. The van der Waals surface area contributed by atoms with Crippen LogP contribution in [0.15, 0.2) is 36.9 Å². The second-order valence-electron chi connectivity index (χ2n) is 4.47. The molecule has 1 N–H and O–H groups in total. The zero-order chi connectivity index (χ0) is 14.5. The number of hydrogen-bond donors (Lipinski definition) is 1. The molecule has 0 radical (unpaired) electrons. The van der Waals surface area contributed by atoms with Crippen molar-refractivity contribution in [3.05, 3.63) is 41.7 Å². The van der Waals surface area contributed by atoms with Crippen molar-refractivity contribution in [3.63, 3.8) is 0 Å². The van der Waals surface area contributed by atoms with Crippen LogP contribution in [-0.2, 0) is 6.54 Å². The molecule has 0 atom stereocenters. The van der Waals surface area contributed by atoms with Gasteiger partial charge in [0.05, 0.1) is 0 Å². The molecule has 20 heavy (non-hydrogen) atoms. The molecule has 2 rings (SSSR count). The van der Waals surface area contributed by atoms with Crippen molar-refractivity contribution < 1.29 is 0 Å². The Labute approximate surface area is 124 Å². The van der Waals surface area contributed by atoms with E-state index in [4.69, 9.17) is 12.2 Å². The van der Waals surface area contributed by atoms with Gasteiger partial charge in [-0.3, -0.25) is 9.67 Å². The summed E-state index contributed by atoms with van der Waals surface area (Å²) in [6.07, 6.45) is 1.82. The van der Waals surface area contributed by atoms with Crippen LogP contribution in [0.2, 0.25) is 0 Å². The highest BCUT2D eigenvalue weighted by atomic mass is 32.1. The van der Waals surface area contributed by atoms with Gasteiger partial charge in [0.2, 0.25) is 0 Å². The van der Waals surface area contributed by atoms with Crippen molar-refractivity contribution in [1.29, 1.82) is 0 Å². The largest absolute Gasteiger partial charge is 0.372 e. The van der Waals surface area contributed by atoms with Crippen LogP contribution in [0.1, 0.15) is 13.8 Å². The van der Waals surface area contributed by atoms with Crippen LogP contribution >= 0.6 is 12.2 Å². The summed E-state index contributed by atoms with van der Waals surface area (Å²) >= 11 is 5.23. The summed E-state index contributed by atoms with van der Waals surface area (Å²) in [5.41, 5.74) is 2.28. The number of aromatic nitrogens is 3. The first kappa shape index (κ1) is 14.5. The van der Waals surface area contributed by atoms with E-state index < -0.39 is 0 Å². The van der Waals surface area contributed by atoms with E-state index in [1.165, 1.54) is 5.69 Å². The summed E-state index contributed by atoms with van der Waals surface area (Å²) in [5.74, 6) is 0.848. The van der Waals surface area contributed by atoms with Gasteiger partial charge in [-0.05, 0) is 50.3 Å².